The molecule has 0 saturated heterocycles. The van der Waals surface area contributed by atoms with E-state index in [1.807, 2.05) is 18.5 Å². The Kier molecular flexibility index (Phi) is 3.34. The molecule has 0 saturated carbocycles. The zero-order valence-corrected chi connectivity index (χ0v) is 8.72. The summed E-state index contributed by atoms with van der Waals surface area (Å²) in [6, 6.07) is 5.63. The maximum Gasteiger partial charge on any atom is 0.155 e. The fourth-order valence-corrected chi connectivity index (χ4v) is 1.34. The highest BCUT2D eigenvalue weighted by atomic mass is 35.5. The first-order chi connectivity index (χ1) is 6.35. The summed E-state index contributed by atoms with van der Waals surface area (Å²) in [5.74, 6) is 0.368. The van der Waals surface area contributed by atoms with E-state index in [-0.39, 0.29) is 12.4 Å². The van der Waals surface area contributed by atoms with Crippen molar-refractivity contribution in [3.8, 4) is 6.07 Å². The minimum Gasteiger partial charge on any atom is -0.306 e. The van der Waals surface area contributed by atoms with Crippen molar-refractivity contribution in [2.24, 2.45) is 0 Å². The standard InChI is InChI=1S/C9H6ClN3.ClH/c10-4-8-6-13-3-1-2-7(5-11)9(13)12-8;/h1-3,6H,4H2;1H. The van der Waals surface area contributed by atoms with E-state index < -0.39 is 0 Å². The second-order valence-corrected chi connectivity index (χ2v) is 2.90. The molecule has 0 aliphatic carbocycles. The van der Waals surface area contributed by atoms with Gasteiger partial charge in [0.1, 0.15) is 6.07 Å². The van der Waals surface area contributed by atoms with Crippen molar-refractivity contribution in [2.45, 2.75) is 5.88 Å². The minimum atomic E-state index is 0. The molecule has 5 heteroatoms. The van der Waals surface area contributed by atoms with Gasteiger partial charge in [-0.25, -0.2) is 4.98 Å². The summed E-state index contributed by atoms with van der Waals surface area (Å²) in [7, 11) is 0. The number of fused-ring (bicyclic) bond motifs is 1. The van der Waals surface area contributed by atoms with Gasteiger partial charge >= 0.3 is 0 Å². The van der Waals surface area contributed by atoms with Crippen LogP contribution in [0.1, 0.15) is 11.3 Å². The fraction of sp³-hybridized carbons (Fsp3) is 0.111. The van der Waals surface area contributed by atoms with Crippen LogP contribution in [-0.4, -0.2) is 9.38 Å². The van der Waals surface area contributed by atoms with Crippen LogP contribution >= 0.6 is 24.0 Å². The van der Waals surface area contributed by atoms with Gasteiger partial charge in [-0.1, -0.05) is 0 Å². The molecule has 2 aromatic rings. The molecule has 0 aliphatic heterocycles. The van der Waals surface area contributed by atoms with Gasteiger partial charge in [0.05, 0.1) is 17.1 Å². The Labute approximate surface area is 92.3 Å². The Morgan fingerprint density at radius 2 is 2.36 bits per heavy atom. The molecule has 2 heterocycles. The largest absolute Gasteiger partial charge is 0.306 e. The van der Waals surface area contributed by atoms with E-state index in [2.05, 4.69) is 11.1 Å². The third kappa shape index (κ3) is 1.67. The Hall–Kier alpha value is -1.24. The van der Waals surface area contributed by atoms with E-state index >= 15 is 0 Å². The number of imidazole rings is 1. The van der Waals surface area contributed by atoms with E-state index in [9.17, 15) is 0 Å². The Morgan fingerprint density at radius 3 is 3.00 bits per heavy atom. The van der Waals surface area contributed by atoms with Gasteiger partial charge in [-0.2, -0.15) is 5.26 Å². The van der Waals surface area contributed by atoms with Crippen LogP contribution in [0.3, 0.4) is 0 Å². The quantitative estimate of drug-likeness (QED) is 0.703. The van der Waals surface area contributed by atoms with Crippen molar-refractivity contribution < 1.29 is 0 Å². The summed E-state index contributed by atoms with van der Waals surface area (Å²) < 4.78 is 1.80. The van der Waals surface area contributed by atoms with Crippen LogP contribution in [-0.2, 0) is 5.88 Å². The summed E-state index contributed by atoms with van der Waals surface area (Å²) in [4.78, 5) is 4.21. The lowest BCUT2D eigenvalue weighted by Crippen LogP contribution is -1.85. The highest BCUT2D eigenvalue weighted by molar-refractivity contribution is 6.16. The van der Waals surface area contributed by atoms with Gasteiger partial charge in [-0.05, 0) is 12.1 Å². The molecule has 0 atom stereocenters. The molecular weight excluding hydrogens is 221 g/mol. The molecule has 0 radical (unpaired) electrons. The van der Waals surface area contributed by atoms with Gasteiger partial charge in [0.2, 0.25) is 0 Å². The van der Waals surface area contributed by atoms with Crippen LogP contribution in [0.25, 0.3) is 5.65 Å². The molecule has 2 aromatic heterocycles. The molecule has 0 N–H and O–H groups in total. The van der Waals surface area contributed by atoms with Gasteiger partial charge in [0.25, 0.3) is 0 Å². The number of hydrogen-bond donors (Lipinski definition) is 0. The first kappa shape index (κ1) is 10.8. The number of rotatable bonds is 1. The predicted octanol–water partition coefficient (Wildman–Crippen LogP) is 2.37. The summed E-state index contributed by atoms with van der Waals surface area (Å²) >= 11 is 5.64. The molecule has 14 heavy (non-hydrogen) atoms. The lowest BCUT2D eigenvalue weighted by molar-refractivity contribution is 1.17. The van der Waals surface area contributed by atoms with Crippen LogP contribution in [0.4, 0.5) is 0 Å². The smallest absolute Gasteiger partial charge is 0.155 e. The third-order valence-electron chi connectivity index (χ3n) is 1.79. The molecule has 0 fully saturated rings. The second kappa shape index (κ2) is 4.32. The molecule has 0 bridgehead atoms. The van der Waals surface area contributed by atoms with Crippen LogP contribution in [0.5, 0.6) is 0 Å². The zero-order valence-electron chi connectivity index (χ0n) is 7.14. The first-order valence-electron chi connectivity index (χ1n) is 3.78. The van der Waals surface area contributed by atoms with Gasteiger partial charge in [-0.3, -0.25) is 0 Å². The van der Waals surface area contributed by atoms with Gasteiger partial charge < -0.3 is 4.40 Å². The molecule has 0 aromatic carbocycles. The van der Waals surface area contributed by atoms with Crippen LogP contribution in [0.2, 0.25) is 0 Å². The number of halogens is 2. The second-order valence-electron chi connectivity index (χ2n) is 2.63. The van der Waals surface area contributed by atoms with Crippen molar-refractivity contribution in [3.05, 3.63) is 35.8 Å². The number of aromatic nitrogens is 2. The van der Waals surface area contributed by atoms with Crippen molar-refractivity contribution in [3.63, 3.8) is 0 Å². The highest BCUT2D eigenvalue weighted by Crippen LogP contribution is 2.11. The van der Waals surface area contributed by atoms with Crippen molar-refractivity contribution >= 4 is 29.7 Å². The number of alkyl halides is 1. The molecule has 3 nitrogen and oxygen atoms in total. The van der Waals surface area contributed by atoms with Crippen molar-refractivity contribution in [1.29, 1.82) is 5.26 Å². The molecule has 0 amide bonds. The van der Waals surface area contributed by atoms with Crippen LogP contribution in [0.15, 0.2) is 24.5 Å². The minimum absolute atomic E-state index is 0. The van der Waals surface area contributed by atoms with E-state index in [4.69, 9.17) is 16.9 Å². The fourth-order valence-electron chi connectivity index (χ4n) is 1.22. The Balaban J connectivity index is 0.000000980. The molecular formula is C9H7Cl2N3. The number of nitrogens with zero attached hydrogens (tertiary/aromatic N) is 3. The van der Waals surface area contributed by atoms with Gasteiger partial charge in [-0.15, -0.1) is 24.0 Å². The SMILES string of the molecule is Cl.N#Cc1cccn2cc(CCl)nc12. The van der Waals surface area contributed by atoms with Gasteiger partial charge in [0.15, 0.2) is 5.65 Å². The highest BCUT2D eigenvalue weighted by Gasteiger charge is 2.03. The average molecular weight is 228 g/mol. The van der Waals surface area contributed by atoms with E-state index in [1.54, 1.807) is 10.5 Å². The van der Waals surface area contributed by atoms with Crippen molar-refractivity contribution in [1.82, 2.24) is 9.38 Å². The van der Waals surface area contributed by atoms with Gasteiger partial charge in [0, 0.05) is 12.4 Å². The summed E-state index contributed by atoms with van der Waals surface area (Å²) in [6.45, 7) is 0. The maximum absolute atomic E-state index is 8.78. The number of pyridine rings is 1. The number of nitriles is 1. The lowest BCUT2D eigenvalue weighted by atomic mass is 10.3. The molecule has 2 rings (SSSR count). The molecule has 0 spiro atoms. The third-order valence-corrected chi connectivity index (χ3v) is 2.06. The predicted molar refractivity (Wildman–Crippen MR) is 56.7 cm³/mol. The monoisotopic (exact) mass is 227 g/mol. The normalized spacial score (nSPS) is 9.43. The molecule has 72 valence electrons. The molecule has 0 unspecified atom stereocenters. The van der Waals surface area contributed by atoms with E-state index in [1.165, 1.54) is 0 Å². The molecule has 0 aliphatic rings. The van der Waals surface area contributed by atoms with Crippen molar-refractivity contribution in [2.75, 3.05) is 0 Å². The summed E-state index contributed by atoms with van der Waals surface area (Å²) in [5.41, 5.74) is 2.02. The van der Waals surface area contributed by atoms with Crippen LogP contribution < -0.4 is 0 Å². The number of hydrogen-bond acceptors (Lipinski definition) is 2. The lowest BCUT2D eigenvalue weighted by Gasteiger charge is -1.91. The summed E-state index contributed by atoms with van der Waals surface area (Å²) in [6.07, 6.45) is 3.67. The first-order valence-corrected chi connectivity index (χ1v) is 4.31. The zero-order chi connectivity index (χ0) is 9.26. The van der Waals surface area contributed by atoms with E-state index in [0.29, 0.717) is 17.1 Å². The topological polar surface area (TPSA) is 41.1 Å². The van der Waals surface area contributed by atoms with E-state index in [0.717, 1.165) is 5.69 Å². The van der Waals surface area contributed by atoms with Crippen LogP contribution in [0, 0.1) is 11.3 Å². The average Bonchev–Trinajstić information content (AvgIpc) is 2.59. The summed E-state index contributed by atoms with van der Waals surface area (Å²) in [5, 5.41) is 8.78. The maximum atomic E-state index is 8.78. The Bertz CT molecular complexity index is 484. The Morgan fingerprint density at radius 1 is 1.57 bits per heavy atom.